The molecule has 1 aromatic heterocycles. The predicted molar refractivity (Wildman–Crippen MR) is 113 cm³/mol. The Morgan fingerprint density at radius 2 is 2.00 bits per heavy atom. The van der Waals surface area contributed by atoms with Gasteiger partial charge in [-0.15, -0.1) is 10.2 Å². The van der Waals surface area contributed by atoms with Crippen LogP contribution in [0.4, 0.5) is 5.13 Å². The summed E-state index contributed by atoms with van der Waals surface area (Å²) in [6, 6.07) is 12.9. The van der Waals surface area contributed by atoms with Crippen LogP contribution in [-0.2, 0) is 5.75 Å². The van der Waals surface area contributed by atoms with Crippen LogP contribution < -0.4 is 5.32 Å². The van der Waals surface area contributed by atoms with Crippen molar-refractivity contribution in [2.75, 3.05) is 5.32 Å². The first kappa shape index (κ1) is 18.9. The first-order chi connectivity index (χ1) is 12.0. The van der Waals surface area contributed by atoms with Gasteiger partial charge in [-0.1, -0.05) is 58.4 Å². The van der Waals surface area contributed by atoms with Gasteiger partial charge in [-0.2, -0.15) is 0 Å². The van der Waals surface area contributed by atoms with Gasteiger partial charge >= 0.3 is 0 Å². The Kier molecular flexibility index (Phi) is 6.56. The molecule has 25 heavy (non-hydrogen) atoms. The summed E-state index contributed by atoms with van der Waals surface area (Å²) in [6.45, 7) is 0. The Morgan fingerprint density at radius 1 is 1.16 bits per heavy atom. The Morgan fingerprint density at radius 3 is 2.76 bits per heavy atom. The Balaban J connectivity index is 1.60. The molecule has 3 rings (SSSR count). The summed E-state index contributed by atoms with van der Waals surface area (Å²) in [5.41, 5.74) is 1.63. The molecule has 0 fully saturated rings. The first-order valence-corrected chi connectivity index (χ1v) is 10.6. The van der Waals surface area contributed by atoms with Crippen molar-refractivity contribution in [1.82, 2.24) is 10.2 Å². The highest BCUT2D eigenvalue weighted by Crippen LogP contribution is 2.30. The quantitative estimate of drug-likeness (QED) is 0.254. The summed E-state index contributed by atoms with van der Waals surface area (Å²) in [4.78, 5) is 12.2. The number of carbonyl (C=O) groups excluding carboxylic acids is 1. The fourth-order valence-electron chi connectivity index (χ4n) is 1.89. The lowest BCUT2D eigenvalue weighted by Gasteiger charge is -2.01. The van der Waals surface area contributed by atoms with Crippen molar-refractivity contribution in [3.8, 4) is 0 Å². The number of anilines is 1. The number of aromatic nitrogens is 2. The molecule has 0 saturated carbocycles. The molecule has 0 radical (unpaired) electrons. The van der Waals surface area contributed by atoms with E-state index < -0.39 is 0 Å². The van der Waals surface area contributed by atoms with Gasteiger partial charge in [-0.25, -0.2) is 0 Å². The number of rotatable bonds is 5. The normalized spacial score (nSPS) is 10.7. The molecule has 3 aromatic rings. The summed E-state index contributed by atoms with van der Waals surface area (Å²) >= 11 is 16.9. The van der Waals surface area contributed by atoms with Gasteiger partial charge in [0.15, 0.2) is 4.34 Å². The maximum atomic E-state index is 12.2. The van der Waals surface area contributed by atoms with Crippen LogP contribution in [0, 0.1) is 3.57 Å². The molecule has 0 unspecified atom stereocenters. The molecule has 2 aromatic carbocycles. The molecule has 0 bridgehead atoms. The zero-order chi connectivity index (χ0) is 17.8. The van der Waals surface area contributed by atoms with Crippen LogP contribution in [0.1, 0.15) is 15.9 Å². The minimum Gasteiger partial charge on any atom is -0.296 e. The van der Waals surface area contributed by atoms with Crippen molar-refractivity contribution >= 4 is 79.9 Å². The van der Waals surface area contributed by atoms with Crippen molar-refractivity contribution in [3.63, 3.8) is 0 Å². The number of hydrogen-bond donors (Lipinski definition) is 1. The maximum absolute atomic E-state index is 12.2. The van der Waals surface area contributed by atoms with E-state index >= 15 is 0 Å². The smallest absolute Gasteiger partial charge is 0.257 e. The van der Waals surface area contributed by atoms with E-state index in [1.165, 1.54) is 23.1 Å². The van der Waals surface area contributed by atoms with Crippen LogP contribution in [0.25, 0.3) is 0 Å². The van der Waals surface area contributed by atoms with Crippen molar-refractivity contribution in [1.29, 1.82) is 0 Å². The second-order valence-corrected chi connectivity index (χ2v) is 9.13. The van der Waals surface area contributed by atoms with E-state index in [-0.39, 0.29) is 5.91 Å². The molecule has 1 amide bonds. The monoisotopic (exact) mass is 521 g/mol. The largest absolute Gasteiger partial charge is 0.296 e. The minimum atomic E-state index is -0.198. The number of amides is 1. The Hall–Kier alpha value is -0.870. The van der Waals surface area contributed by atoms with Crippen LogP contribution in [0.2, 0.25) is 10.0 Å². The number of thioether (sulfide) groups is 1. The topological polar surface area (TPSA) is 54.9 Å². The van der Waals surface area contributed by atoms with Crippen LogP contribution >= 0.6 is 68.9 Å². The average molecular weight is 522 g/mol. The van der Waals surface area contributed by atoms with Gasteiger partial charge in [-0.05, 0) is 58.5 Å². The summed E-state index contributed by atoms with van der Waals surface area (Å²) < 4.78 is 1.77. The molecule has 9 heteroatoms. The van der Waals surface area contributed by atoms with E-state index in [1.54, 1.807) is 12.1 Å². The summed E-state index contributed by atoms with van der Waals surface area (Å²) in [5.74, 6) is 0.492. The van der Waals surface area contributed by atoms with Crippen LogP contribution in [0.15, 0.2) is 46.8 Å². The number of nitrogens with one attached hydrogen (secondary N) is 1. The Labute approximate surface area is 176 Å². The third kappa shape index (κ3) is 5.30. The second kappa shape index (κ2) is 8.68. The SMILES string of the molecule is O=C(Nc1nnc(SCc2ccc(Cl)c(Cl)c2)s1)c1cccc(I)c1. The summed E-state index contributed by atoms with van der Waals surface area (Å²) in [7, 11) is 0. The van der Waals surface area contributed by atoms with Gasteiger partial charge in [0, 0.05) is 14.9 Å². The lowest BCUT2D eigenvalue weighted by atomic mass is 10.2. The molecule has 1 heterocycles. The second-order valence-electron chi connectivity index (χ2n) is 4.87. The molecule has 0 atom stereocenters. The van der Waals surface area contributed by atoms with Crippen molar-refractivity contribution < 1.29 is 4.79 Å². The first-order valence-electron chi connectivity index (χ1n) is 6.98. The van der Waals surface area contributed by atoms with Gasteiger partial charge in [-0.3, -0.25) is 10.1 Å². The van der Waals surface area contributed by atoms with Crippen molar-refractivity contribution in [2.45, 2.75) is 10.1 Å². The number of halogens is 3. The average Bonchev–Trinajstić information content (AvgIpc) is 3.03. The molecule has 128 valence electrons. The van der Waals surface area contributed by atoms with E-state index in [9.17, 15) is 4.79 Å². The van der Waals surface area contributed by atoms with Crippen LogP contribution in [0.3, 0.4) is 0 Å². The fourth-order valence-corrected chi connectivity index (χ4v) is 4.45. The molecule has 1 N–H and O–H groups in total. The van der Waals surface area contributed by atoms with Crippen molar-refractivity contribution in [3.05, 3.63) is 67.2 Å². The van der Waals surface area contributed by atoms with E-state index in [0.717, 1.165) is 13.5 Å². The zero-order valence-corrected chi connectivity index (χ0v) is 17.8. The summed E-state index contributed by atoms with van der Waals surface area (Å²) in [5, 5.41) is 12.4. The molecular formula is C16H10Cl2IN3OS2. The standard InChI is InChI=1S/C16H10Cl2IN3OS2/c17-12-5-4-9(6-13(12)18)8-24-16-22-21-15(25-16)20-14(23)10-2-1-3-11(19)7-10/h1-7H,8H2,(H,20,21,23). The van der Waals surface area contributed by atoms with Gasteiger partial charge in [0.2, 0.25) is 5.13 Å². The number of carbonyl (C=O) groups is 1. The lowest BCUT2D eigenvalue weighted by molar-refractivity contribution is 0.102. The highest BCUT2D eigenvalue weighted by Gasteiger charge is 2.11. The van der Waals surface area contributed by atoms with E-state index in [0.29, 0.717) is 26.5 Å². The Bertz CT molecular complexity index is 920. The highest BCUT2D eigenvalue weighted by molar-refractivity contribution is 14.1. The third-order valence-corrected chi connectivity index (χ3v) is 6.51. The molecule has 0 aliphatic heterocycles. The van der Waals surface area contributed by atoms with Crippen molar-refractivity contribution in [2.24, 2.45) is 0 Å². The van der Waals surface area contributed by atoms with E-state index in [2.05, 4.69) is 38.1 Å². The summed E-state index contributed by atoms with van der Waals surface area (Å²) in [6.07, 6.45) is 0. The minimum absolute atomic E-state index is 0.198. The number of nitrogens with zero attached hydrogens (tertiary/aromatic N) is 2. The molecule has 0 aliphatic rings. The van der Waals surface area contributed by atoms with E-state index in [4.69, 9.17) is 23.2 Å². The molecule has 0 aliphatic carbocycles. The maximum Gasteiger partial charge on any atom is 0.257 e. The number of hydrogen-bond acceptors (Lipinski definition) is 5. The molecule has 4 nitrogen and oxygen atoms in total. The van der Waals surface area contributed by atoms with Crippen LogP contribution in [-0.4, -0.2) is 16.1 Å². The van der Waals surface area contributed by atoms with Gasteiger partial charge in [0.1, 0.15) is 0 Å². The van der Waals surface area contributed by atoms with Gasteiger partial charge < -0.3 is 0 Å². The predicted octanol–water partition coefficient (Wildman–Crippen LogP) is 5.99. The fraction of sp³-hybridized carbons (Fsp3) is 0.0625. The molecule has 0 saturated heterocycles. The van der Waals surface area contributed by atoms with Gasteiger partial charge in [0.05, 0.1) is 10.0 Å². The van der Waals surface area contributed by atoms with E-state index in [1.807, 2.05) is 30.3 Å². The highest BCUT2D eigenvalue weighted by atomic mass is 127. The molecular weight excluding hydrogens is 512 g/mol. The van der Waals surface area contributed by atoms with Crippen LogP contribution in [0.5, 0.6) is 0 Å². The third-order valence-electron chi connectivity index (χ3n) is 3.06. The lowest BCUT2D eigenvalue weighted by Crippen LogP contribution is -2.11. The number of benzene rings is 2. The van der Waals surface area contributed by atoms with Gasteiger partial charge in [0.25, 0.3) is 5.91 Å². The molecule has 0 spiro atoms. The zero-order valence-electron chi connectivity index (χ0n) is 12.5.